The molecule has 0 N–H and O–H groups in total. The molecule has 0 atom stereocenters. The van der Waals surface area contributed by atoms with Crippen LogP contribution < -0.4 is 4.74 Å². The van der Waals surface area contributed by atoms with E-state index in [1.165, 1.54) is 0 Å². The van der Waals surface area contributed by atoms with E-state index >= 15 is 0 Å². The van der Waals surface area contributed by atoms with E-state index in [0.29, 0.717) is 17.5 Å². The second-order valence-corrected chi connectivity index (χ2v) is 3.25. The maximum Gasteiger partial charge on any atom is 0.414 e. The number of aromatic nitrogens is 2. The van der Waals surface area contributed by atoms with Gasteiger partial charge in [-0.2, -0.15) is 0 Å². The van der Waals surface area contributed by atoms with Crippen molar-refractivity contribution >= 4 is 11.6 Å². The maximum atomic E-state index is 5.76. The molecule has 0 aliphatic rings. The fourth-order valence-corrected chi connectivity index (χ4v) is 1.23. The predicted octanol–water partition coefficient (Wildman–Crippen LogP) is 2.79. The topological polar surface area (TPSA) is 48.2 Å². The van der Waals surface area contributed by atoms with E-state index in [1.54, 1.807) is 12.1 Å². The van der Waals surface area contributed by atoms with Crippen LogP contribution in [0.5, 0.6) is 6.08 Å². The average molecular weight is 225 g/mol. The van der Waals surface area contributed by atoms with E-state index < -0.39 is 0 Å². The minimum absolute atomic E-state index is 0.183. The third-order valence-electron chi connectivity index (χ3n) is 1.77. The molecule has 0 saturated heterocycles. The molecular formula is C10H9ClN2O2. The van der Waals surface area contributed by atoms with Crippen LogP contribution in [0, 0.1) is 0 Å². The van der Waals surface area contributed by atoms with Crippen molar-refractivity contribution in [2.24, 2.45) is 0 Å². The smallest absolute Gasteiger partial charge is 0.414 e. The first kappa shape index (κ1) is 9.98. The number of hydrogen-bond acceptors (Lipinski definition) is 4. The molecule has 1 aromatic carbocycles. The molecule has 0 bridgehead atoms. The van der Waals surface area contributed by atoms with Gasteiger partial charge in [0, 0.05) is 10.6 Å². The Morgan fingerprint density at radius 1 is 1.27 bits per heavy atom. The molecule has 4 nitrogen and oxygen atoms in total. The third kappa shape index (κ3) is 2.27. The van der Waals surface area contributed by atoms with E-state index in [-0.39, 0.29) is 6.08 Å². The quantitative estimate of drug-likeness (QED) is 0.804. The van der Waals surface area contributed by atoms with Crippen molar-refractivity contribution in [3.8, 4) is 17.5 Å². The molecule has 5 heteroatoms. The molecule has 0 amide bonds. The molecule has 0 radical (unpaired) electrons. The Morgan fingerprint density at radius 2 is 2.00 bits per heavy atom. The lowest BCUT2D eigenvalue weighted by molar-refractivity contribution is 0.247. The number of ether oxygens (including phenoxy) is 1. The van der Waals surface area contributed by atoms with Crippen LogP contribution in [0.15, 0.2) is 28.7 Å². The van der Waals surface area contributed by atoms with Crippen LogP contribution >= 0.6 is 11.6 Å². The second kappa shape index (κ2) is 4.31. The Morgan fingerprint density at radius 3 is 2.67 bits per heavy atom. The Kier molecular flexibility index (Phi) is 2.87. The van der Waals surface area contributed by atoms with Gasteiger partial charge in [0.15, 0.2) is 0 Å². The summed E-state index contributed by atoms with van der Waals surface area (Å²) in [5.41, 5.74) is 0.817. The molecule has 0 unspecified atom stereocenters. The van der Waals surface area contributed by atoms with Gasteiger partial charge in [-0.25, -0.2) is 0 Å². The Balaban J connectivity index is 2.25. The molecule has 0 aliphatic heterocycles. The average Bonchev–Trinajstić information content (AvgIpc) is 2.68. The van der Waals surface area contributed by atoms with Gasteiger partial charge < -0.3 is 9.15 Å². The first-order valence-electron chi connectivity index (χ1n) is 4.52. The number of benzene rings is 1. The minimum Gasteiger partial charge on any atom is -0.449 e. The maximum absolute atomic E-state index is 5.76. The normalized spacial score (nSPS) is 10.3. The van der Waals surface area contributed by atoms with Crippen LogP contribution in [0.4, 0.5) is 0 Å². The summed E-state index contributed by atoms with van der Waals surface area (Å²) in [6, 6.07) is 7.15. The van der Waals surface area contributed by atoms with Crippen molar-refractivity contribution < 1.29 is 9.15 Å². The van der Waals surface area contributed by atoms with Gasteiger partial charge >= 0.3 is 6.08 Å². The van der Waals surface area contributed by atoms with Gasteiger partial charge in [-0.3, -0.25) is 0 Å². The van der Waals surface area contributed by atoms with Crippen LogP contribution in [0.2, 0.25) is 5.02 Å². The zero-order valence-electron chi connectivity index (χ0n) is 8.11. The van der Waals surface area contributed by atoms with Crippen LogP contribution in [0.3, 0.4) is 0 Å². The molecule has 78 valence electrons. The summed E-state index contributed by atoms with van der Waals surface area (Å²) in [5.74, 6) is 0.426. The van der Waals surface area contributed by atoms with Crippen molar-refractivity contribution in [2.45, 2.75) is 6.92 Å². The summed E-state index contributed by atoms with van der Waals surface area (Å²) < 4.78 is 10.3. The largest absolute Gasteiger partial charge is 0.449 e. The summed E-state index contributed by atoms with van der Waals surface area (Å²) in [6.45, 7) is 2.36. The Hall–Kier alpha value is -1.55. The molecule has 2 rings (SSSR count). The summed E-state index contributed by atoms with van der Waals surface area (Å²) in [4.78, 5) is 0. The van der Waals surface area contributed by atoms with Crippen molar-refractivity contribution in [2.75, 3.05) is 6.61 Å². The molecule has 0 spiro atoms. The van der Waals surface area contributed by atoms with E-state index in [9.17, 15) is 0 Å². The van der Waals surface area contributed by atoms with Gasteiger partial charge in [-0.05, 0) is 31.2 Å². The van der Waals surface area contributed by atoms with E-state index in [4.69, 9.17) is 20.8 Å². The number of rotatable bonds is 3. The fraction of sp³-hybridized carbons (Fsp3) is 0.200. The van der Waals surface area contributed by atoms with Crippen molar-refractivity contribution in [3.63, 3.8) is 0 Å². The highest BCUT2D eigenvalue weighted by atomic mass is 35.5. The Labute approximate surface area is 91.8 Å². The lowest BCUT2D eigenvalue weighted by atomic mass is 10.2. The molecule has 0 aliphatic carbocycles. The van der Waals surface area contributed by atoms with Gasteiger partial charge in [-0.1, -0.05) is 16.7 Å². The van der Waals surface area contributed by atoms with Crippen LogP contribution in [0.25, 0.3) is 11.5 Å². The minimum atomic E-state index is 0.183. The zero-order valence-corrected chi connectivity index (χ0v) is 8.86. The summed E-state index contributed by atoms with van der Waals surface area (Å²) in [5, 5.41) is 8.25. The van der Waals surface area contributed by atoms with Crippen molar-refractivity contribution in [1.82, 2.24) is 10.2 Å². The van der Waals surface area contributed by atoms with Gasteiger partial charge in [0.1, 0.15) is 0 Å². The fourth-order valence-electron chi connectivity index (χ4n) is 1.10. The van der Waals surface area contributed by atoms with Crippen LogP contribution in [0.1, 0.15) is 6.92 Å². The Bertz CT molecular complexity index is 439. The van der Waals surface area contributed by atoms with Gasteiger partial charge in [0.25, 0.3) is 5.89 Å². The highest BCUT2D eigenvalue weighted by Gasteiger charge is 2.08. The standard InChI is InChI=1S/C10H9ClN2O2/c1-2-14-10-13-12-9(15-10)7-3-5-8(11)6-4-7/h3-6H,2H2,1H3. The first-order valence-corrected chi connectivity index (χ1v) is 4.89. The van der Waals surface area contributed by atoms with E-state index in [2.05, 4.69) is 10.2 Å². The number of halogens is 1. The molecule has 0 fully saturated rings. The first-order chi connectivity index (χ1) is 7.29. The lowest BCUT2D eigenvalue weighted by Crippen LogP contribution is -1.90. The van der Waals surface area contributed by atoms with Crippen LogP contribution in [-0.2, 0) is 0 Å². The second-order valence-electron chi connectivity index (χ2n) is 2.81. The van der Waals surface area contributed by atoms with E-state index in [0.717, 1.165) is 5.56 Å². The molecule has 2 aromatic rings. The summed E-state index contributed by atoms with van der Waals surface area (Å²) >= 11 is 5.76. The molecule has 15 heavy (non-hydrogen) atoms. The SMILES string of the molecule is CCOc1nnc(-c2ccc(Cl)cc2)o1. The predicted molar refractivity (Wildman–Crippen MR) is 55.9 cm³/mol. The summed E-state index contributed by atoms with van der Waals surface area (Å²) in [7, 11) is 0. The number of nitrogens with zero attached hydrogens (tertiary/aromatic N) is 2. The molecular weight excluding hydrogens is 216 g/mol. The monoisotopic (exact) mass is 224 g/mol. The van der Waals surface area contributed by atoms with E-state index in [1.807, 2.05) is 19.1 Å². The van der Waals surface area contributed by atoms with Crippen molar-refractivity contribution in [3.05, 3.63) is 29.3 Å². The summed E-state index contributed by atoms with van der Waals surface area (Å²) in [6.07, 6.45) is 0.183. The molecule has 0 saturated carbocycles. The third-order valence-corrected chi connectivity index (χ3v) is 2.02. The van der Waals surface area contributed by atoms with Gasteiger partial charge in [0.2, 0.25) is 0 Å². The molecule has 1 heterocycles. The lowest BCUT2D eigenvalue weighted by Gasteiger charge is -1.94. The zero-order chi connectivity index (χ0) is 10.7. The molecule has 1 aromatic heterocycles. The highest BCUT2D eigenvalue weighted by Crippen LogP contribution is 2.22. The highest BCUT2D eigenvalue weighted by molar-refractivity contribution is 6.30. The van der Waals surface area contributed by atoms with Gasteiger partial charge in [0.05, 0.1) is 6.61 Å². The van der Waals surface area contributed by atoms with Gasteiger partial charge in [-0.15, -0.1) is 5.10 Å². The van der Waals surface area contributed by atoms with Crippen molar-refractivity contribution in [1.29, 1.82) is 0 Å². The van der Waals surface area contributed by atoms with Crippen LogP contribution in [-0.4, -0.2) is 16.8 Å². The number of hydrogen-bond donors (Lipinski definition) is 0.